The molecule has 0 aliphatic carbocycles. The van der Waals surface area contributed by atoms with Gasteiger partial charge in [0.05, 0.1) is 19.4 Å². The second-order valence-corrected chi connectivity index (χ2v) is 6.45. The smallest absolute Gasteiger partial charge is 0.272 e. The molecule has 1 amide bonds. The summed E-state index contributed by atoms with van der Waals surface area (Å²) in [4.78, 5) is 14.9. The van der Waals surface area contributed by atoms with Gasteiger partial charge in [-0.15, -0.1) is 0 Å². The summed E-state index contributed by atoms with van der Waals surface area (Å²) in [5, 5.41) is 4.53. The van der Waals surface area contributed by atoms with Crippen LogP contribution in [0.1, 0.15) is 23.3 Å². The zero-order chi connectivity index (χ0) is 17.8. The molecular weight excluding hydrogens is 318 g/mol. The van der Waals surface area contributed by atoms with Crippen LogP contribution in [0.5, 0.6) is 5.75 Å². The first-order chi connectivity index (χ1) is 12.1. The van der Waals surface area contributed by atoms with Crippen LogP contribution in [0.15, 0.2) is 30.3 Å². The summed E-state index contributed by atoms with van der Waals surface area (Å²) in [6.45, 7) is 2.22. The Balaban J connectivity index is 1.83. The Morgan fingerprint density at radius 1 is 1.32 bits per heavy atom. The largest absolute Gasteiger partial charge is 0.496 e. The van der Waals surface area contributed by atoms with E-state index in [0.717, 1.165) is 42.9 Å². The SMILES string of the molecule is COCC1CCCN(C(=O)c2cc(-c3ccccc3OC)nn2C)C1. The van der Waals surface area contributed by atoms with Crippen LogP contribution >= 0.6 is 0 Å². The van der Waals surface area contributed by atoms with Crippen molar-refractivity contribution in [3.8, 4) is 17.0 Å². The highest BCUT2D eigenvalue weighted by molar-refractivity contribution is 5.94. The van der Waals surface area contributed by atoms with E-state index in [-0.39, 0.29) is 5.91 Å². The van der Waals surface area contributed by atoms with Crippen LogP contribution in [0.3, 0.4) is 0 Å². The number of methoxy groups -OCH3 is 2. The lowest BCUT2D eigenvalue weighted by Crippen LogP contribution is -2.41. The van der Waals surface area contributed by atoms with Gasteiger partial charge in [-0.25, -0.2) is 0 Å². The third-order valence-corrected chi connectivity index (χ3v) is 4.69. The number of piperidine rings is 1. The predicted molar refractivity (Wildman–Crippen MR) is 95.7 cm³/mol. The van der Waals surface area contributed by atoms with Crippen molar-refractivity contribution in [1.82, 2.24) is 14.7 Å². The molecule has 1 atom stereocenters. The Morgan fingerprint density at radius 3 is 2.88 bits per heavy atom. The number of nitrogens with zero attached hydrogens (tertiary/aromatic N) is 3. The van der Waals surface area contributed by atoms with Crippen molar-refractivity contribution in [1.29, 1.82) is 0 Å². The van der Waals surface area contributed by atoms with Crippen molar-refractivity contribution in [2.75, 3.05) is 33.9 Å². The molecule has 0 N–H and O–H groups in total. The molecule has 1 aromatic heterocycles. The number of likely N-dealkylation sites (tertiary alicyclic amines) is 1. The summed E-state index contributed by atoms with van der Waals surface area (Å²) in [6.07, 6.45) is 2.12. The maximum absolute atomic E-state index is 13.0. The summed E-state index contributed by atoms with van der Waals surface area (Å²) in [5.74, 6) is 1.18. The Kier molecular flexibility index (Phi) is 5.38. The third-order valence-electron chi connectivity index (χ3n) is 4.69. The van der Waals surface area contributed by atoms with Crippen molar-refractivity contribution in [2.45, 2.75) is 12.8 Å². The van der Waals surface area contributed by atoms with E-state index in [1.807, 2.05) is 42.3 Å². The van der Waals surface area contributed by atoms with Gasteiger partial charge in [0.2, 0.25) is 0 Å². The fourth-order valence-corrected chi connectivity index (χ4v) is 3.44. The number of rotatable bonds is 5. The molecule has 134 valence electrons. The van der Waals surface area contributed by atoms with Crippen molar-refractivity contribution < 1.29 is 14.3 Å². The van der Waals surface area contributed by atoms with Gasteiger partial charge in [0, 0.05) is 32.8 Å². The van der Waals surface area contributed by atoms with Gasteiger partial charge >= 0.3 is 0 Å². The lowest BCUT2D eigenvalue weighted by Gasteiger charge is -2.32. The molecule has 1 aromatic carbocycles. The zero-order valence-electron chi connectivity index (χ0n) is 15.1. The van der Waals surface area contributed by atoms with E-state index in [2.05, 4.69) is 5.10 Å². The summed E-state index contributed by atoms with van der Waals surface area (Å²) in [5.41, 5.74) is 2.23. The average Bonchev–Trinajstić information content (AvgIpc) is 3.03. The fourth-order valence-electron chi connectivity index (χ4n) is 3.44. The fraction of sp³-hybridized carbons (Fsp3) is 0.474. The van der Waals surface area contributed by atoms with Gasteiger partial charge in [-0.3, -0.25) is 9.48 Å². The second-order valence-electron chi connectivity index (χ2n) is 6.45. The first-order valence-corrected chi connectivity index (χ1v) is 8.59. The number of benzene rings is 1. The molecule has 1 fully saturated rings. The molecule has 2 heterocycles. The lowest BCUT2D eigenvalue weighted by molar-refractivity contribution is 0.0561. The topological polar surface area (TPSA) is 56.6 Å². The number of hydrogen-bond acceptors (Lipinski definition) is 4. The minimum Gasteiger partial charge on any atom is -0.496 e. The Labute approximate surface area is 148 Å². The number of carbonyl (C=O) groups excluding carboxylic acids is 1. The summed E-state index contributed by atoms with van der Waals surface area (Å²) in [7, 11) is 5.15. The van der Waals surface area contributed by atoms with Gasteiger partial charge in [-0.2, -0.15) is 5.10 Å². The van der Waals surface area contributed by atoms with Crippen LogP contribution in [-0.4, -0.2) is 54.5 Å². The molecule has 1 aliphatic rings. The van der Waals surface area contributed by atoms with Crippen LogP contribution in [0.2, 0.25) is 0 Å². The normalized spacial score (nSPS) is 17.6. The Morgan fingerprint density at radius 2 is 2.12 bits per heavy atom. The van der Waals surface area contributed by atoms with E-state index in [1.165, 1.54) is 0 Å². The first kappa shape index (κ1) is 17.5. The molecule has 1 saturated heterocycles. The number of aromatic nitrogens is 2. The minimum absolute atomic E-state index is 0.0250. The van der Waals surface area contributed by atoms with Crippen LogP contribution < -0.4 is 4.74 Å². The molecule has 1 aliphatic heterocycles. The number of carbonyl (C=O) groups is 1. The van der Waals surface area contributed by atoms with Gasteiger partial charge < -0.3 is 14.4 Å². The number of ether oxygens (including phenoxy) is 2. The maximum Gasteiger partial charge on any atom is 0.272 e. The van der Waals surface area contributed by atoms with Gasteiger partial charge in [0.25, 0.3) is 5.91 Å². The highest BCUT2D eigenvalue weighted by Gasteiger charge is 2.27. The van der Waals surface area contributed by atoms with E-state index in [0.29, 0.717) is 18.2 Å². The monoisotopic (exact) mass is 343 g/mol. The Hall–Kier alpha value is -2.34. The molecule has 0 saturated carbocycles. The maximum atomic E-state index is 13.0. The second kappa shape index (κ2) is 7.70. The molecule has 0 spiro atoms. The zero-order valence-corrected chi connectivity index (χ0v) is 15.1. The van der Waals surface area contributed by atoms with E-state index in [1.54, 1.807) is 18.9 Å². The molecule has 25 heavy (non-hydrogen) atoms. The van der Waals surface area contributed by atoms with Crippen LogP contribution in [0.25, 0.3) is 11.3 Å². The van der Waals surface area contributed by atoms with E-state index >= 15 is 0 Å². The molecule has 6 heteroatoms. The number of amides is 1. The summed E-state index contributed by atoms with van der Waals surface area (Å²) in [6, 6.07) is 9.55. The van der Waals surface area contributed by atoms with Gasteiger partial charge in [-0.05, 0) is 37.0 Å². The summed E-state index contributed by atoms with van der Waals surface area (Å²) >= 11 is 0. The first-order valence-electron chi connectivity index (χ1n) is 8.59. The van der Waals surface area contributed by atoms with E-state index < -0.39 is 0 Å². The molecule has 0 bridgehead atoms. The minimum atomic E-state index is 0.0250. The molecule has 6 nitrogen and oxygen atoms in total. The third kappa shape index (κ3) is 3.69. The highest BCUT2D eigenvalue weighted by atomic mass is 16.5. The molecule has 2 aromatic rings. The van der Waals surface area contributed by atoms with Gasteiger partial charge in [-0.1, -0.05) is 12.1 Å². The van der Waals surface area contributed by atoms with Gasteiger partial charge in [0.1, 0.15) is 11.4 Å². The van der Waals surface area contributed by atoms with Crippen molar-refractivity contribution in [2.24, 2.45) is 13.0 Å². The van der Waals surface area contributed by atoms with E-state index in [9.17, 15) is 4.79 Å². The van der Waals surface area contributed by atoms with Crippen LogP contribution in [0.4, 0.5) is 0 Å². The van der Waals surface area contributed by atoms with Crippen LogP contribution in [0, 0.1) is 5.92 Å². The summed E-state index contributed by atoms with van der Waals surface area (Å²) < 4.78 is 12.3. The molecule has 3 rings (SSSR count). The lowest BCUT2D eigenvalue weighted by atomic mass is 9.98. The van der Waals surface area contributed by atoms with Crippen molar-refractivity contribution in [3.63, 3.8) is 0 Å². The standard InChI is InChI=1S/C19H25N3O3/c1-21-17(19(23)22-10-6-7-14(12-22)13-24-2)11-16(20-21)15-8-4-5-9-18(15)25-3/h4-5,8-9,11,14H,6-7,10,12-13H2,1-3H3. The highest BCUT2D eigenvalue weighted by Crippen LogP contribution is 2.29. The van der Waals surface area contributed by atoms with Crippen molar-refractivity contribution >= 4 is 5.91 Å². The Bertz CT molecular complexity index is 739. The number of aryl methyl sites for hydroxylation is 1. The predicted octanol–water partition coefficient (Wildman–Crippen LogP) is 2.59. The quantitative estimate of drug-likeness (QED) is 0.837. The molecule has 0 radical (unpaired) electrons. The van der Waals surface area contributed by atoms with Gasteiger partial charge in [0.15, 0.2) is 0 Å². The molecular formula is C19H25N3O3. The molecule has 1 unspecified atom stereocenters. The van der Waals surface area contributed by atoms with E-state index in [4.69, 9.17) is 9.47 Å². The average molecular weight is 343 g/mol. The van der Waals surface area contributed by atoms with Crippen LogP contribution in [-0.2, 0) is 11.8 Å². The number of para-hydroxylation sites is 1. The number of hydrogen-bond donors (Lipinski definition) is 0. The van der Waals surface area contributed by atoms with Crippen molar-refractivity contribution in [3.05, 3.63) is 36.0 Å².